The van der Waals surface area contributed by atoms with E-state index in [1.807, 2.05) is 55.5 Å². The fourth-order valence-electron chi connectivity index (χ4n) is 1.82. The summed E-state index contributed by atoms with van der Waals surface area (Å²) in [6, 6.07) is 14.1. The van der Waals surface area contributed by atoms with Gasteiger partial charge in [0.2, 0.25) is 5.91 Å². The van der Waals surface area contributed by atoms with Crippen LogP contribution in [0.1, 0.15) is 30.3 Å². The third-order valence-corrected chi connectivity index (χ3v) is 2.93. The molecule has 19 heavy (non-hydrogen) atoms. The number of benzene rings is 1. The molecule has 0 saturated carbocycles. The van der Waals surface area contributed by atoms with Crippen LogP contribution in [-0.4, -0.2) is 10.9 Å². The largest absolute Gasteiger partial charge is 0.346 e. The summed E-state index contributed by atoms with van der Waals surface area (Å²) in [6.45, 7) is 1.89. The van der Waals surface area contributed by atoms with Crippen LogP contribution in [0.3, 0.4) is 0 Å². The first-order chi connectivity index (χ1) is 9.18. The lowest BCUT2D eigenvalue weighted by atomic mass is 10.1. The van der Waals surface area contributed by atoms with E-state index in [0.29, 0.717) is 0 Å². The van der Waals surface area contributed by atoms with Gasteiger partial charge in [-0.25, -0.2) is 0 Å². The molecule has 0 spiro atoms. The molecule has 1 aromatic carbocycles. The highest BCUT2D eigenvalue weighted by molar-refractivity contribution is 5.83. The number of amides is 1. The summed E-state index contributed by atoms with van der Waals surface area (Å²) in [6.07, 6.45) is 1.70. The highest BCUT2D eigenvalue weighted by Gasteiger charge is 2.18. The van der Waals surface area contributed by atoms with Gasteiger partial charge in [-0.2, -0.15) is 0 Å². The fourth-order valence-corrected chi connectivity index (χ4v) is 1.82. The lowest BCUT2D eigenvalue weighted by molar-refractivity contribution is -0.123. The minimum atomic E-state index is -0.660. The van der Waals surface area contributed by atoms with E-state index in [4.69, 9.17) is 5.73 Å². The first-order valence-electron chi connectivity index (χ1n) is 6.20. The van der Waals surface area contributed by atoms with Gasteiger partial charge in [-0.05, 0) is 24.6 Å². The highest BCUT2D eigenvalue weighted by atomic mass is 16.2. The summed E-state index contributed by atoms with van der Waals surface area (Å²) in [5.41, 5.74) is 7.55. The quantitative estimate of drug-likeness (QED) is 0.877. The van der Waals surface area contributed by atoms with Crippen molar-refractivity contribution in [1.82, 2.24) is 10.3 Å². The lowest BCUT2D eigenvalue weighted by Crippen LogP contribution is -2.35. The SMILES string of the molecule is CC(NC(=O)[C@H](N)c1ccccc1)c1ccccn1. The Balaban J connectivity index is 2.02. The van der Waals surface area contributed by atoms with Gasteiger partial charge in [0.05, 0.1) is 11.7 Å². The standard InChI is InChI=1S/C15H17N3O/c1-11(13-9-5-6-10-17-13)18-15(19)14(16)12-7-3-2-4-8-12/h2-11,14H,16H2,1H3,(H,18,19)/t11?,14-/m1/s1. The Morgan fingerprint density at radius 1 is 1.16 bits per heavy atom. The predicted molar refractivity (Wildman–Crippen MR) is 74.2 cm³/mol. The van der Waals surface area contributed by atoms with E-state index >= 15 is 0 Å². The number of nitrogens with zero attached hydrogens (tertiary/aromatic N) is 1. The molecule has 0 aliphatic rings. The summed E-state index contributed by atoms with van der Waals surface area (Å²) >= 11 is 0. The molecule has 2 rings (SSSR count). The Morgan fingerprint density at radius 3 is 2.47 bits per heavy atom. The van der Waals surface area contributed by atoms with Crippen LogP contribution >= 0.6 is 0 Å². The molecule has 2 aromatic rings. The maximum atomic E-state index is 12.1. The van der Waals surface area contributed by atoms with Crippen molar-refractivity contribution in [2.45, 2.75) is 19.0 Å². The molecular formula is C15H17N3O. The molecule has 4 heteroatoms. The smallest absolute Gasteiger partial charge is 0.242 e. The van der Waals surface area contributed by atoms with Crippen LogP contribution in [-0.2, 0) is 4.79 Å². The van der Waals surface area contributed by atoms with E-state index in [2.05, 4.69) is 10.3 Å². The molecule has 0 bridgehead atoms. The van der Waals surface area contributed by atoms with Gasteiger partial charge in [0.15, 0.2) is 0 Å². The second-order valence-corrected chi connectivity index (χ2v) is 4.37. The third kappa shape index (κ3) is 3.39. The van der Waals surface area contributed by atoms with Crippen molar-refractivity contribution < 1.29 is 4.79 Å². The van der Waals surface area contributed by atoms with E-state index in [-0.39, 0.29) is 11.9 Å². The molecule has 1 unspecified atom stereocenters. The lowest BCUT2D eigenvalue weighted by Gasteiger charge is -2.17. The average molecular weight is 255 g/mol. The minimum Gasteiger partial charge on any atom is -0.346 e. The van der Waals surface area contributed by atoms with E-state index < -0.39 is 6.04 Å². The number of aromatic nitrogens is 1. The number of nitrogens with one attached hydrogen (secondary N) is 1. The van der Waals surface area contributed by atoms with Crippen molar-refractivity contribution >= 4 is 5.91 Å². The number of nitrogens with two attached hydrogens (primary N) is 1. The topological polar surface area (TPSA) is 68.0 Å². The number of carbonyl (C=O) groups is 1. The van der Waals surface area contributed by atoms with Crippen LogP contribution in [0.25, 0.3) is 0 Å². The first kappa shape index (κ1) is 13.2. The fraction of sp³-hybridized carbons (Fsp3) is 0.200. The van der Waals surface area contributed by atoms with Gasteiger partial charge in [-0.15, -0.1) is 0 Å². The molecule has 1 aromatic heterocycles. The number of hydrogen-bond acceptors (Lipinski definition) is 3. The second kappa shape index (κ2) is 6.11. The Kier molecular flexibility index (Phi) is 4.26. The Hall–Kier alpha value is -2.20. The number of hydrogen-bond donors (Lipinski definition) is 2. The first-order valence-corrected chi connectivity index (χ1v) is 6.20. The van der Waals surface area contributed by atoms with Gasteiger partial charge in [0.1, 0.15) is 6.04 Å². The zero-order valence-corrected chi connectivity index (χ0v) is 10.8. The summed E-state index contributed by atoms with van der Waals surface area (Å²) in [5, 5.41) is 2.87. The Morgan fingerprint density at radius 2 is 1.84 bits per heavy atom. The van der Waals surface area contributed by atoms with Crippen molar-refractivity contribution in [3.63, 3.8) is 0 Å². The molecule has 3 N–H and O–H groups in total. The van der Waals surface area contributed by atoms with Crippen LogP contribution < -0.4 is 11.1 Å². The normalized spacial score (nSPS) is 13.6. The Bertz CT molecular complexity index is 528. The van der Waals surface area contributed by atoms with E-state index in [9.17, 15) is 4.79 Å². The van der Waals surface area contributed by atoms with Gasteiger partial charge in [-0.3, -0.25) is 9.78 Å². The van der Waals surface area contributed by atoms with Crippen molar-refractivity contribution in [1.29, 1.82) is 0 Å². The second-order valence-electron chi connectivity index (χ2n) is 4.37. The van der Waals surface area contributed by atoms with Crippen molar-refractivity contribution in [3.05, 3.63) is 66.0 Å². The predicted octanol–water partition coefficient (Wildman–Crippen LogP) is 1.96. The number of rotatable bonds is 4. The molecular weight excluding hydrogens is 238 g/mol. The molecule has 4 nitrogen and oxygen atoms in total. The maximum absolute atomic E-state index is 12.1. The third-order valence-electron chi connectivity index (χ3n) is 2.93. The molecule has 0 aliphatic heterocycles. The molecule has 0 saturated heterocycles. The zero-order chi connectivity index (χ0) is 13.7. The number of pyridine rings is 1. The van der Waals surface area contributed by atoms with E-state index in [1.54, 1.807) is 6.20 Å². The minimum absolute atomic E-state index is 0.163. The van der Waals surface area contributed by atoms with Crippen LogP contribution in [0.2, 0.25) is 0 Å². The zero-order valence-electron chi connectivity index (χ0n) is 10.8. The van der Waals surface area contributed by atoms with Gasteiger partial charge in [0, 0.05) is 6.20 Å². The van der Waals surface area contributed by atoms with Crippen LogP contribution in [0, 0.1) is 0 Å². The average Bonchev–Trinajstić information content (AvgIpc) is 2.48. The molecule has 0 fully saturated rings. The number of carbonyl (C=O) groups excluding carboxylic acids is 1. The van der Waals surface area contributed by atoms with Gasteiger partial charge in [0.25, 0.3) is 0 Å². The van der Waals surface area contributed by atoms with Crippen molar-refractivity contribution in [2.24, 2.45) is 5.73 Å². The summed E-state index contributed by atoms with van der Waals surface area (Å²) < 4.78 is 0. The van der Waals surface area contributed by atoms with Crippen molar-refractivity contribution in [3.8, 4) is 0 Å². The molecule has 0 aliphatic carbocycles. The van der Waals surface area contributed by atoms with Gasteiger partial charge < -0.3 is 11.1 Å². The summed E-state index contributed by atoms with van der Waals surface area (Å²) in [7, 11) is 0. The monoisotopic (exact) mass is 255 g/mol. The molecule has 0 radical (unpaired) electrons. The van der Waals surface area contributed by atoms with Crippen LogP contribution in [0.5, 0.6) is 0 Å². The van der Waals surface area contributed by atoms with E-state index in [0.717, 1.165) is 11.3 Å². The Labute approximate surface area is 112 Å². The summed E-state index contributed by atoms with van der Waals surface area (Å²) in [5.74, 6) is -0.204. The molecule has 1 amide bonds. The highest BCUT2D eigenvalue weighted by Crippen LogP contribution is 2.13. The summed E-state index contributed by atoms with van der Waals surface area (Å²) in [4.78, 5) is 16.3. The van der Waals surface area contributed by atoms with Crippen LogP contribution in [0.15, 0.2) is 54.7 Å². The van der Waals surface area contributed by atoms with Crippen LogP contribution in [0.4, 0.5) is 0 Å². The molecule has 2 atom stereocenters. The van der Waals surface area contributed by atoms with Gasteiger partial charge >= 0.3 is 0 Å². The molecule has 1 heterocycles. The molecule has 98 valence electrons. The van der Waals surface area contributed by atoms with Crippen molar-refractivity contribution in [2.75, 3.05) is 0 Å². The van der Waals surface area contributed by atoms with E-state index in [1.165, 1.54) is 0 Å². The maximum Gasteiger partial charge on any atom is 0.242 e. The van der Waals surface area contributed by atoms with Gasteiger partial charge in [-0.1, -0.05) is 36.4 Å².